The van der Waals surface area contributed by atoms with Gasteiger partial charge in [-0.3, -0.25) is 0 Å². The third-order valence-corrected chi connectivity index (χ3v) is 3.98. The summed E-state index contributed by atoms with van der Waals surface area (Å²) in [7, 11) is 1.38. The Morgan fingerprint density at radius 1 is 1.43 bits per heavy atom. The summed E-state index contributed by atoms with van der Waals surface area (Å²) in [5.41, 5.74) is 6.55. The molecule has 2 heterocycles. The first-order chi connectivity index (χ1) is 9.93. The monoisotopic (exact) mass is 294 g/mol. The van der Waals surface area contributed by atoms with Gasteiger partial charge in [0, 0.05) is 19.6 Å². The van der Waals surface area contributed by atoms with E-state index in [1.807, 2.05) is 0 Å². The Bertz CT molecular complexity index is 502. The number of carbonyl (C=O) groups is 1. The quantitative estimate of drug-likeness (QED) is 0.861. The van der Waals surface area contributed by atoms with E-state index in [-0.39, 0.29) is 0 Å². The summed E-state index contributed by atoms with van der Waals surface area (Å²) in [6.07, 6.45) is 2.22. The molecule has 6 nitrogen and oxygen atoms in total. The van der Waals surface area contributed by atoms with Crippen LogP contribution in [0.3, 0.4) is 0 Å². The number of aromatic nitrogens is 2. The van der Waals surface area contributed by atoms with Crippen molar-refractivity contribution in [1.82, 2.24) is 9.78 Å². The van der Waals surface area contributed by atoms with Crippen molar-refractivity contribution in [2.75, 3.05) is 30.8 Å². The molecule has 1 aliphatic rings. The molecule has 0 amide bonds. The van der Waals surface area contributed by atoms with Gasteiger partial charge in [0.1, 0.15) is 11.4 Å². The van der Waals surface area contributed by atoms with Crippen molar-refractivity contribution in [2.24, 2.45) is 11.8 Å². The first-order valence-corrected chi connectivity index (χ1v) is 7.63. The summed E-state index contributed by atoms with van der Waals surface area (Å²) in [6.45, 7) is 8.96. The molecule has 2 N–H and O–H groups in total. The Morgan fingerprint density at radius 3 is 2.57 bits per heavy atom. The Labute approximate surface area is 126 Å². The fourth-order valence-electron chi connectivity index (χ4n) is 2.69. The summed E-state index contributed by atoms with van der Waals surface area (Å²) in [5, 5.41) is 4.58. The highest BCUT2D eigenvalue weighted by Gasteiger charge is 2.28. The lowest BCUT2D eigenvalue weighted by molar-refractivity contribution is 0.0602. The molecule has 0 bridgehead atoms. The van der Waals surface area contributed by atoms with Crippen LogP contribution in [0.4, 0.5) is 11.6 Å². The number of rotatable bonds is 4. The van der Waals surface area contributed by atoms with Crippen LogP contribution in [-0.2, 0) is 11.3 Å². The average Bonchev–Trinajstić information content (AvgIpc) is 2.75. The normalized spacial score (nSPS) is 16.5. The van der Waals surface area contributed by atoms with Gasteiger partial charge in [-0.15, -0.1) is 0 Å². The molecule has 118 valence electrons. The first-order valence-electron chi connectivity index (χ1n) is 7.63. The Hall–Kier alpha value is -1.72. The first kappa shape index (κ1) is 15.7. The summed E-state index contributed by atoms with van der Waals surface area (Å²) in [5.74, 6) is 1.80. The standard InChI is InChI=1S/C15H26N4O2/c1-10(2)9-19-13(16)12(15(20)21-4)14(17-19)18-7-5-11(3)6-8-18/h10-11H,5-9,16H2,1-4H3. The summed E-state index contributed by atoms with van der Waals surface area (Å²) < 4.78 is 6.62. The third-order valence-electron chi connectivity index (χ3n) is 3.98. The van der Waals surface area contributed by atoms with Gasteiger partial charge in [0.15, 0.2) is 5.82 Å². The molecule has 0 radical (unpaired) electrons. The molecule has 0 atom stereocenters. The largest absolute Gasteiger partial charge is 0.465 e. The van der Waals surface area contributed by atoms with Gasteiger partial charge in [0.05, 0.1) is 7.11 Å². The zero-order valence-electron chi connectivity index (χ0n) is 13.4. The Morgan fingerprint density at radius 2 is 2.05 bits per heavy atom. The second-order valence-corrected chi connectivity index (χ2v) is 6.32. The molecule has 0 aromatic carbocycles. The predicted molar refractivity (Wildman–Crippen MR) is 83.4 cm³/mol. The van der Waals surface area contributed by atoms with Crippen molar-refractivity contribution in [3.63, 3.8) is 0 Å². The number of ether oxygens (including phenoxy) is 1. The second-order valence-electron chi connectivity index (χ2n) is 6.32. The number of carbonyl (C=O) groups excluding carboxylic acids is 1. The van der Waals surface area contributed by atoms with Crippen LogP contribution in [0, 0.1) is 11.8 Å². The fraction of sp³-hybridized carbons (Fsp3) is 0.733. The maximum Gasteiger partial charge on any atom is 0.345 e. The van der Waals surface area contributed by atoms with Crippen molar-refractivity contribution >= 4 is 17.6 Å². The number of nitrogen functional groups attached to an aromatic ring is 1. The number of nitrogens with zero attached hydrogens (tertiary/aromatic N) is 3. The van der Waals surface area contributed by atoms with E-state index in [4.69, 9.17) is 10.5 Å². The third kappa shape index (κ3) is 3.31. The van der Waals surface area contributed by atoms with Crippen LogP contribution in [0.1, 0.15) is 44.0 Å². The van der Waals surface area contributed by atoms with E-state index in [1.54, 1.807) is 4.68 Å². The lowest BCUT2D eigenvalue weighted by Crippen LogP contribution is -2.34. The molecule has 1 aromatic rings. The van der Waals surface area contributed by atoms with Gasteiger partial charge in [-0.2, -0.15) is 5.10 Å². The van der Waals surface area contributed by atoms with Crippen LogP contribution >= 0.6 is 0 Å². The van der Waals surface area contributed by atoms with Crippen LogP contribution in [0.15, 0.2) is 0 Å². The molecular formula is C15H26N4O2. The van der Waals surface area contributed by atoms with E-state index < -0.39 is 5.97 Å². The van der Waals surface area contributed by atoms with E-state index in [2.05, 4.69) is 30.8 Å². The van der Waals surface area contributed by atoms with E-state index >= 15 is 0 Å². The molecule has 1 aliphatic heterocycles. The maximum atomic E-state index is 12.1. The number of piperidine rings is 1. The molecule has 21 heavy (non-hydrogen) atoms. The van der Waals surface area contributed by atoms with Gasteiger partial charge in [0.2, 0.25) is 0 Å². The zero-order valence-corrected chi connectivity index (χ0v) is 13.4. The number of esters is 1. The van der Waals surface area contributed by atoms with Crippen molar-refractivity contribution in [1.29, 1.82) is 0 Å². The number of hydrogen-bond donors (Lipinski definition) is 1. The molecule has 1 aromatic heterocycles. The summed E-state index contributed by atoms with van der Waals surface area (Å²) in [4.78, 5) is 14.2. The average molecular weight is 294 g/mol. The molecule has 1 fully saturated rings. The van der Waals surface area contributed by atoms with E-state index in [0.717, 1.165) is 31.8 Å². The summed E-state index contributed by atoms with van der Waals surface area (Å²) >= 11 is 0. The molecule has 0 saturated carbocycles. The molecule has 2 rings (SSSR count). The zero-order chi connectivity index (χ0) is 15.6. The summed E-state index contributed by atoms with van der Waals surface area (Å²) in [6, 6.07) is 0. The van der Waals surface area contributed by atoms with Crippen molar-refractivity contribution < 1.29 is 9.53 Å². The molecule has 0 aliphatic carbocycles. The predicted octanol–water partition coefficient (Wildman–Crippen LogP) is 2.14. The van der Waals surface area contributed by atoms with Crippen molar-refractivity contribution in [2.45, 2.75) is 40.2 Å². The highest BCUT2D eigenvalue weighted by molar-refractivity contribution is 5.99. The van der Waals surface area contributed by atoms with Crippen LogP contribution in [-0.4, -0.2) is 35.9 Å². The van der Waals surface area contributed by atoms with Crippen molar-refractivity contribution in [3.8, 4) is 0 Å². The SMILES string of the molecule is COC(=O)c1c(N2CCC(C)CC2)nn(CC(C)C)c1N. The molecule has 0 spiro atoms. The van der Waals surface area contributed by atoms with Crippen LogP contribution in [0.5, 0.6) is 0 Å². The minimum absolute atomic E-state index is 0.406. The van der Waals surface area contributed by atoms with E-state index in [1.165, 1.54) is 7.11 Å². The van der Waals surface area contributed by atoms with Gasteiger partial charge in [-0.25, -0.2) is 9.48 Å². The fourth-order valence-corrected chi connectivity index (χ4v) is 2.69. The molecule has 6 heteroatoms. The number of nitrogens with two attached hydrogens (primary N) is 1. The van der Waals surface area contributed by atoms with Gasteiger partial charge in [0.25, 0.3) is 0 Å². The minimum atomic E-state index is -0.406. The molecule has 1 saturated heterocycles. The number of hydrogen-bond acceptors (Lipinski definition) is 5. The topological polar surface area (TPSA) is 73.4 Å². The van der Waals surface area contributed by atoms with Gasteiger partial charge in [-0.1, -0.05) is 20.8 Å². The number of anilines is 2. The van der Waals surface area contributed by atoms with Gasteiger partial charge >= 0.3 is 5.97 Å². The Balaban J connectivity index is 2.36. The van der Waals surface area contributed by atoms with Gasteiger partial charge < -0.3 is 15.4 Å². The highest BCUT2D eigenvalue weighted by Crippen LogP contribution is 2.30. The molecular weight excluding hydrogens is 268 g/mol. The molecule has 0 unspecified atom stereocenters. The highest BCUT2D eigenvalue weighted by atomic mass is 16.5. The lowest BCUT2D eigenvalue weighted by atomic mass is 9.99. The second kappa shape index (κ2) is 6.37. The van der Waals surface area contributed by atoms with Gasteiger partial charge in [-0.05, 0) is 24.7 Å². The number of methoxy groups -OCH3 is 1. The van der Waals surface area contributed by atoms with Crippen LogP contribution in [0.25, 0.3) is 0 Å². The van der Waals surface area contributed by atoms with E-state index in [0.29, 0.717) is 29.7 Å². The minimum Gasteiger partial charge on any atom is -0.465 e. The Kier molecular flexibility index (Phi) is 4.75. The lowest BCUT2D eigenvalue weighted by Gasteiger charge is -2.30. The van der Waals surface area contributed by atoms with Crippen molar-refractivity contribution in [3.05, 3.63) is 5.56 Å². The van der Waals surface area contributed by atoms with Crippen LogP contribution in [0.2, 0.25) is 0 Å². The van der Waals surface area contributed by atoms with E-state index in [9.17, 15) is 4.79 Å². The smallest absolute Gasteiger partial charge is 0.345 e. The maximum absolute atomic E-state index is 12.1. The van der Waals surface area contributed by atoms with Crippen LogP contribution < -0.4 is 10.6 Å².